The topological polar surface area (TPSA) is 71.1 Å². The van der Waals surface area contributed by atoms with Gasteiger partial charge in [-0.05, 0) is 24.3 Å². The van der Waals surface area contributed by atoms with E-state index in [2.05, 4.69) is 0 Å². The Balaban J connectivity index is 2.38. The predicted octanol–water partition coefficient (Wildman–Crippen LogP) is 2.50. The van der Waals surface area contributed by atoms with Gasteiger partial charge in [0.1, 0.15) is 11.5 Å². The first-order valence-electron chi connectivity index (χ1n) is 7.18. The molecule has 0 aromatic heterocycles. The molecular weight excluding hydrogens is 312 g/mol. The lowest BCUT2D eigenvalue weighted by molar-refractivity contribution is 0.0970. The maximum absolute atomic E-state index is 13.1. The van der Waals surface area contributed by atoms with Crippen molar-refractivity contribution in [2.24, 2.45) is 0 Å². The van der Waals surface area contributed by atoms with Crippen molar-refractivity contribution >= 4 is 11.6 Å². The van der Waals surface area contributed by atoms with Gasteiger partial charge in [-0.15, -0.1) is 0 Å². The average molecular weight is 328 g/mol. The van der Waals surface area contributed by atoms with Gasteiger partial charge in [0, 0.05) is 5.56 Å². The lowest BCUT2D eigenvalue weighted by atomic mass is 9.82. The summed E-state index contributed by atoms with van der Waals surface area (Å²) in [7, 11) is 5.79. The van der Waals surface area contributed by atoms with E-state index < -0.39 is 0 Å². The lowest BCUT2D eigenvalue weighted by Crippen LogP contribution is -2.23. The zero-order valence-corrected chi connectivity index (χ0v) is 13.8. The fourth-order valence-electron chi connectivity index (χ4n) is 2.96. The van der Waals surface area contributed by atoms with Gasteiger partial charge in [0.2, 0.25) is 5.78 Å². The summed E-state index contributed by atoms with van der Waals surface area (Å²) in [6.45, 7) is 0. The van der Waals surface area contributed by atoms with Gasteiger partial charge in [-0.3, -0.25) is 9.59 Å². The molecule has 1 aliphatic carbocycles. The molecule has 1 aliphatic rings. The number of hydrogen-bond donors (Lipinski definition) is 0. The van der Waals surface area contributed by atoms with Crippen molar-refractivity contribution < 1.29 is 28.5 Å². The number of carbonyl (C=O) groups excluding carboxylic acids is 2. The minimum Gasteiger partial charge on any atom is -0.496 e. The highest BCUT2D eigenvalue weighted by molar-refractivity contribution is 6.31. The van der Waals surface area contributed by atoms with Crippen LogP contribution >= 0.6 is 0 Å². The molecule has 6 nitrogen and oxygen atoms in total. The van der Waals surface area contributed by atoms with E-state index in [1.807, 2.05) is 0 Å². The van der Waals surface area contributed by atoms with Crippen LogP contribution in [0.1, 0.15) is 31.8 Å². The van der Waals surface area contributed by atoms with Gasteiger partial charge < -0.3 is 18.9 Å². The van der Waals surface area contributed by atoms with Crippen molar-refractivity contribution in [1.29, 1.82) is 0 Å². The second kappa shape index (κ2) is 5.88. The molecule has 0 bridgehead atoms. The first-order valence-corrected chi connectivity index (χ1v) is 7.18. The molecule has 3 rings (SSSR count). The van der Waals surface area contributed by atoms with E-state index in [4.69, 9.17) is 18.9 Å². The quantitative estimate of drug-likeness (QED) is 0.733. The van der Waals surface area contributed by atoms with Gasteiger partial charge >= 0.3 is 0 Å². The highest BCUT2D eigenvalue weighted by Crippen LogP contribution is 2.43. The lowest BCUT2D eigenvalue weighted by Gasteiger charge is -2.23. The smallest absolute Gasteiger partial charge is 0.202 e. The third-order valence-electron chi connectivity index (χ3n) is 4.04. The maximum Gasteiger partial charge on any atom is 0.202 e. The summed E-state index contributed by atoms with van der Waals surface area (Å²) in [4.78, 5) is 26.1. The molecule has 2 aromatic carbocycles. The average Bonchev–Trinajstić information content (AvgIpc) is 2.63. The van der Waals surface area contributed by atoms with Crippen LogP contribution in [0.2, 0.25) is 0 Å². The Kier molecular flexibility index (Phi) is 3.89. The summed E-state index contributed by atoms with van der Waals surface area (Å²) in [5.74, 6) is 0.540. The Morgan fingerprint density at radius 2 is 1.08 bits per heavy atom. The Labute approximate surface area is 138 Å². The van der Waals surface area contributed by atoms with Gasteiger partial charge in [-0.2, -0.15) is 0 Å². The molecule has 0 saturated carbocycles. The second-order valence-electron chi connectivity index (χ2n) is 5.10. The number of methoxy groups -OCH3 is 4. The number of benzene rings is 2. The van der Waals surface area contributed by atoms with Crippen molar-refractivity contribution in [3.05, 3.63) is 46.5 Å². The number of rotatable bonds is 4. The molecule has 0 N–H and O–H groups in total. The molecule has 24 heavy (non-hydrogen) atoms. The summed E-state index contributed by atoms with van der Waals surface area (Å²) < 4.78 is 21.1. The standard InChI is InChI=1S/C18H16O6/c1-21-10-7-8-11(22-2)15-14(10)16(19)9-5-6-12(23-3)18(24-4)13(9)17(15)20/h5-8H,1-4H3. The summed E-state index contributed by atoms with van der Waals surface area (Å²) in [5, 5.41) is 0. The van der Waals surface area contributed by atoms with Crippen LogP contribution < -0.4 is 18.9 Å². The fourth-order valence-corrected chi connectivity index (χ4v) is 2.96. The van der Waals surface area contributed by atoms with E-state index in [1.165, 1.54) is 28.4 Å². The molecule has 0 saturated heterocycles. The summed E-state index contributed by atoms with van der Waals surface area (Å²) >= 11 is 0. The van der Waals surface area contributed by atoms with Crippen LogP contribution in [0.15, 0.2) is 24.3 Å². The molecule has 0 radical (unpaired) electrons. The van der Waals surface area contributed by atoms with E-state index in [0.29, 0.717) is 17.2 Å². The monoisotopic (exact) mass is 328 g/mol. The van der Waals surface area contributed by atoms with Crippen LogP contribution in [-0.2, 0) is 0 Å². The summed E-state index contributed by atoms with van der Waals surface area (Å²) in [6.07, 6.45) is 0. The highest BCUT2D eigenvalue weighted by Gasteiger charge is 2.38. The van der Waals surface area contributed by atoms with Crippen molar-refractivity contribution in [2.45, 2.75) is 0 Å². The summed E-state index contributed by atoms with van der Waals surface area (Å²) in [6, 6.07) is 6.36. The predicted molar refractivity (Wildman–Crippen MR) is 86.0 cm³/mol. The molecule has 0 atom stereocenters. The van der Waals surface area contributed by atoms with Crippen molar-refractivity contribution in [2.75, 3.05) is 28.4 Å². The van der Waals surface area contributed by atoms with E-state index in [9.17, 15) is 9.59 Å². The van der Waals surface area contributed by atoms with E-state index in [1.54, 1.807) is 24.3 Å². The van der Waals surface area contributed by atoms with Crippen LogP contribution in [0.4, 0.5) is 0 Å². The zero-order chi connectivity index (χ0) is 17.4. The van der Waals surface area contributed by atoms with Crippen molar-refractivity contribution in [3.63, 3.8) is 0 Å². The van der Waals surface area contributed by atoms with Crippen LogP contribution in [0.3, 0.4) is 0 Å². The van der Waals surface area contributed by atoms with Gasteiger partial charge in [-0.1, -0.05) is 0 Å². The van der Waals surface area contributed by atoms with Gasteiger partial charge in [-0.25, -0.2) is 0 Å². The van der Waals surface area contributed by atoms with Gasteiger partial charge in [0.15, 0.2) is 17.3 Å². The SMILES string of the molecule is COc1ccc2c(c1OC)C(=O)c1c(OC)ccc(OC)c1C2=O. The minimum atomic E-state index is -0.369. The third kappa shape index (κ3) is 2.03. The maximum atomic E-state index is 13.1. The van der Waals surface area contributed by atoms with Crippen molar-refractivity contribution in [1.82, 2.24) is 0 Å². The largest absolute Gasteiger partial charge is 0.496 e. The Bertz CT molecular complexity index is 849. The second-order valence-corrected chi connectivity index (χ2v) is 5.10. The van der Waals surface area contributed by atoms with Crippen molar-refractivity contribution in [3.8, 4) is 23.0 Å². The zero-order valence-electron chi connectivity index (χ0n) is 13.8. The van der Waals surface area contributed by atoms with E-state index >= 15 is 0 Å². The highest BCUT2D eigenvalue weighted by atomic mass is 16.5. The van der Waals surface area contributed by atoms with Gasteiger partial charge in [0.25, 0.3) is 0 Å². The molecule has 2 aromatic rings. The van der Waals surface area contributed by atoms with Crippen LogP contribution in [0.5, 0.6) is 23.0 Å². The minimum absolute atomic E-state index is 0.168. The first-order chi connectivity index (χ1) is 11.6. The molecule has 0 aliphatic heterocycles. The Hall–Kier alpha value is -3.02. The number of fused-ring (bicyclic) bond motifs is 2. The van der Waals surface area contributed by atoms with Crippen LogP contribution in [0.25, 0.3) is 0 Å². The van der Waals surface area contributed by atoms with Crippen LogP contribution in [-0.4, -0.2) is 40.0 Å². The molecule has 0 unspecified atom stereocenters. The molecule has 0 spiro atoms. The van der Waals surface area contributed by atoms with Gasteiger partial charge in [0.05, 0.1) is 45.1 Å². The normalized spacial score (nSPS) is 12.3. The molecule has 0 amide bonds. The third-order valence-corrected chi connectivity index (χ3v) is 4.04. The Morgan fingerprint density at radius 1 is 0.583 bits per heavy atom. The fraction of sp³-hybridized carbons (Fsp3) is 0.222. The number of hydrogen-bond acceptors (Lipinski definition) is 6. The molecule has 124 valence electrons. The first kappa shape index (κ1) is 15.9. The number of ketones is 2. The number of carbonyl (C=O) groups is 2. The van der Waals surface area contributed by atoms with E-state index in [0.717, 1.165) is 0 Å². The summed E-state index contributed by atoms with van der Waals surface area (Å²) in [5.41, 5.74) is 0.778. The molecule has 0 heterocycles. The Morgan fingerprint density at radius 3 is 1.58 bits per heavy atom. The van der Waals surface area contributed by atoms with Crippen LogP contribution in [0, 0.1) is 0 Å². The molecule has 0 fully saturated rings. The molecule has 6 heteroatoms. The molecular formula is C18H16O6. The number of ether oxygens (including phenoxy) is 4. The van der Waals surface area contributed by atoms with E-state index in [-0.39, 0.29) is 39.6 Å².